The van der Waals surface area contributed by atoms with Crippen LogP contribution in [0.4, 0.5) is 0 Å². The second-order valence-corrected chi connectivity index (χ2v) is 3.63. The van der Waals surface area contributed by atoms with Crippen molar-refractivity contribution in [3.8, 4) is 0 Å². The van der Waals surface area contributed by atoms with Gasteiger partial charge in [0.25, 0.3) is 0 Å². The van der Waals surface area contributed by atoms with Crippen molar-refractivity contribution < 1.29 is 9.90 Å². The molecule has 0 aliphatic rings. The molecule has 0 fully saturated rings. The highest BCUT2D eigenvalue weighted by atomic mass is 35.5. The van der Waals surface area contributed by atoms with E-state index in [1.165, 1.54) is 0 Å². The first-order valence-electron chi connectivity index (χ1n) is 4.42. The molecule has 0 atom stereocenters. The van der Waals surface area contributed by atoms with Gasteiger partial charge in [-0.1, -0.05) is 17.7 Å². The molecule has 0 saturated heterocycles. The number of aliphatic carboxylic acids is 1. The lowest BCUT2D eigenvalue weighted by atomic mass is 10.1. The Balaban J connectivity index is 2.57. The number of hydrogen-bond acceptors (Lipinski definition) is 2. The Morgan fingerprint density at radius 2 is 2.27 bits per heavy atom. The molecule has 1 heterocycles. The topological polar surface area (TPSA) is 50.2 Å². The van der Waals surface area contributed by atoms with Crippen molar-refractivity contribution in [1.29, 1.82) is 0 Å². The molecule has 0 saturated carbocycles. The van der Waals surface area contributed by atoms with Crippen molar-refractivity contribution in [2.45, 2.75) is 6.42 Å². The second kappa shape index (κ2) is 3.87. The molecule has 76 valence electrons. The average molecular weight is 222 g/mol. The van der Waals surface area contributed by atoms with Gasteiger partial charge in [-0.25, -0.2) is 0 Å². The molecule has 0 aliphatic carbocycles. The number of carboxylic acids is 1. The Labute approximate surface area is 91.3 Å². The van der Waals surface area contributed by atoms with Crippen molar-refractivity contribution in [3.05, 3.63) is 41.0 Å². The van der Waals surface area contributed by atoms with Crippen LogP contribution in [0.1, 0.15) is 5.56 Å². The third kappa shape index (κ3) is 2.07. The highest BCUT2D eigenvalue weighted by molar-refractivity contribution is 6.35. The van der Waals surface area contributed by atoms with Crippen LogP contribution in [0, 0.1) is 0 Å². The summed E-state index contributed by atoms with van der Waals surface area (Å²) in [6, 6.07) is 7.09. The third-order valence-electron chi connectivity index (χ3n) is 2.07. The number of pyridine rings is 1. The van der Waals surface area contributed by atoms with E-state index < -0.39 is 5.97 Å². The number of rotatable bonds is 2. The van der Waals surface area contributed by atoms with Crippen LogP contribution in [0.3, 0.4) is 0 Å². The number of aromatic nitrogens is 1. The normalized spacial score (nSPS) is 10.5. The van der Waals surface area contributed by atoms with Gasteiger partial charge in [-0.2, -0.15) is 0 Å². The number of hydrogen-bond donors (Lipinski definition) is 1. The summed E-state index contributed by atoms with van der Waals surface area (Å²) >= 11 is 5.99. The molecular formula is C11H8ClNO2. The summed E-state index contributed by atoms with van der Waals surface area (Å²) in [5.41, 5.74) is 1.39. The second-order valence-electron chi connectivity index (χ2n) is 3.22. The predicted molar refractivity (Wildman–Crippen MR) is 58.1 cm³/mol. The molecule has 0 unspecified atom stereocenters. The standard InChI is InChI=1S/C11H8ClNO2/c12-9-5-7(6-10(14)15)4-8-2-1-3-13-11(8)9/h1-5H,6H2,(H,14,15). The summed E-state index contributed by atoms with van der Waals surface area (Å²) in [6.07, 6.45) is 1.63. The Kier molecular flexibility index (Phi) is 2.56. The Morgan fingerprint density at radius 3 is 3.00 bits per heavy atom. The minimum Gasteiger partial charge on any atom is -0.481 e. The molecular weight excluding hydrogens is 214 g/mol. The van der Waals surface area contributed by atoms with Crippen LogP contribution >= 0.6 is 11.6 Å². The number of carbonyl (C=O) groups is 1. The quantitative estimate of drug-likeness (QED) is 0.848. The van der Waals surface area contributed by atoms with Crippen LogP contribution in [0.5, 0.6) is 0 Å². The summed E-state index contributed by atoms with van der Waals surface area (Å²) in [5.74, 6) is -0.866. The van der Waals surface area contributed by atoms with E-state index >= 15 is 0 Å². The number of halogens is 1. The number of nitrogens with zero attached hydrogens (tertiary/aromatic N) is 1. The first kappa shape index (κ1) is 9.93. The van der Waals surface area contributed by atoms with E-state index in [1.807, 2.05) is 6.07 Å². The van der Waals surface area contributed by atoms with Gasteiger partial charge in [0.15, 0.2) is 0 Å². The maximum absolute atomic E-state index is 10.6. The molecule has 2 aromatic rings. The van der Waals surface area contributed by atoms with Gasteiger partial charge in [0.2, 0.25) is 0 Å². The van der Waals surface area contributed by atoms with Crippen molar-refractivity contribution in [2.24, 2.45) is 0 Å². The lowest BCUT2D eigenvalue weighted by Gasteiger charge is -2.02. The minimum absolute atomic E-state index is 0.0233. The number of fused-ring (bicyclic) bond motifs is 1. The first-order chi connectivity index (χ1) is 7.16. The molecule has 4 heteroatoms. The molecule has 1 aromatic carbocycles. The summed E-state index contributed by atoms with van der Waals surface area (Å²) in [4.78, 5) is 14.7. The summed E-state index contributed by atoms with van der Waals surface area (Å²) in [7, 11) is 0. The molecule has 2 rings (SSSR count). The molecule has 0 amide bonds. The molecule has 0 radical (unpaired) electrons. The summed E-state index contributed by atoms with van der Waals surface area (Å²) in [5, 5.41) is 10.0. The van der Waals surface area contributed by atoms with Crippen LogP contribution in [0.2, 0.25) is 5.02 Å². The van der Waals surface area contributed by atoms with E-state index in [4.69, 9.17) is 16.7 Å². The fourth-order valence-corrected chi connectivity index (χ4v) is 1.78. The molecule has 0 aliphatic heterocycles. The van der Waals surface area contributed by atoms with E-state index in [-0.39, 0.29) is 6.42 Å². The van der Waals surface area contributed by atoms with Crippen LogP contribution < -0.4 is 0 Å². The maximum atomic E-state index is 10.6. The third-order valence-corrected chi connectivity index (χ3v) is 2.36. The van der Waals surface area contributed by atoms with Gasteiger partial charge in [0, 0.05) is 11.6 Å². The lowest BCUT2D eigenvalue weighted by Crippen LogP contribution is -2.00. The molecule has 0 spiro atoms. The number of carboxylic acid groups (broad SMARTS) is 1. The predicted octanol–water partition coefficient (Wildman–Crippen LogP) is 2.52. The highest BCUT2D eigenvalue weighted by Crippen LogP contribution is 2.23. The smallest absolute Gasteiger partial charge is 0.307 e. The van der Waals surface area contributed by atoms with E-state index in [2.05, 4.69) is 4.98 Å². The van der Waals surface area contributed by atoms with Crippen LogP contribution in [-0.4, -0.2) is 16.1 Å². The fraction of sp³-hybridized carbons (Fsp3) is 0.0909. The van der Waals surface area contributed by atoms with Gasteiger partial charge < -0.3 is 5.11 Å². The Hall–Kier alpha value is -1.61. The van der Waals surface area contributed by atoms with Gasteiger partial charge in [0.1, 0.15) is 0 Å². The van der Waals surface area contributed by atoms with Crippen molar-refractivity contribution in [1.82, 2.24) is 4.98 Å². The monoisotopic (exact) mass is 221 g/mol. The lowest BCUT2D eigenvalue weighted by molar-refractivity contribution is -0.136. The zero-order valence-electron chi connectivity index (χ0n) is 7.77. The molecule has 15 heavy (non-hydrogen) atoms. The van der Waals surface area contributed by atoms with Gasteiger partial charge in [-0.15, -0.1) is 0 Å². The zero-order chi connectivity index (χ0) is 10.8. The largest absolute Gasteiger partial charge is 0.481 e. The molecule has 1 aromatic heterocycles. The van der Waals surface area contributed by atoms with Crippen molar-refractivity contribution in [2.75, 3.05) is 0 Å². The van der Waals surface area contributed by atoms with E-state index in [0.717, 1.165) is 5.39 Å². The van der Waals surface area contributed by atoms with E-state index in [0.29, 0.717) is 16.1 Å². The molecule has 3 nitrogen and oxygen atoms in total. The highest BCUT2D eigenvalue weighted by Gasteiger charge is 2.05. The molecule has 0 bridgehead atoms. The Morgan fingerprint density at radius 1 is 1.47 bits per heavy atom. The first-order valence-corrected chi connectivity index (χ1v) is 4.79. The fourth-order valence-electron chi connectivity index (χ4n) is 1.48. The SMILES string of the molecule is O=C(O)Cc1cc(Cl)c2ncccc2c1. The minimum atomic E-state index is -0.866. The van der Waals surface area contributed by atoms with Crippen LogP contribution in [-0.2, 0) is 11.2 Å². The van der Waals surface area contributed by atoms with Gasteiger partial charge >= 0.3 is 5.97 Å². The number of benzene rings is 1. The van der Waals surface area contributed by atoms with Crippen LogP contribution in [0.15, 0.2) is 30.5 Å². The Bertz CT molecular complexity index is 525. The van der Waals surface area contributed by atoms with E-state index in [1.54, 1.807) is 24.4 Å². The summed E-state index contributed by atoms with van der Waals surface area (Å²) in [6.45, 7) is 0. The maximum Gasteiger partial charge on any atom is 0.307 e. The summed E-state index contributed by atoms with van der Waals surface area (Å²) < 4.78 is 0. The van der Waals surface area contributed by atoms with Crippen LogP contribution in [0.25, 0.3) is 10.9 Å². The van der Waals surface area contributed by atoms with Gasteiger partial charge in [0.05, 0.1) is 17.0 Å². The van der Waals surface area contributed by atoms with Crippen molar-refractivity contribution in [3.63, 3.8) is 0 Å². The average Bonchev–Trinajstić information content (AvgIpc) is 2.16. The van der Waals surface area contributed by atoms with Gasteiger partial charge in [-0.05, 0) is 23.8 Å². The van der Waals surface area contributed by atoms with Crippen molar-refractivity contribution >= 4 is 28.5 Å². The van der Waals surface area contributed by atoms with Gasteiger partial charge in [-0.3, -0.25) is 9.78 Å². The molecule has 1 N–H and O–H groups in total. The van der Waals surface area contributed by atoms with E-state index in [9.17, 15) is 4.79 Å². The zero-order valence-corrected chi connectivity index (χ0v) is 8.53.